The number of aliphatic hydroxyl groups is 1. The second kappa shape index (κ2) is 7.14. The number of rotatable bonds is 5. The van der Waals surface area contributed by atoms with Crippen LogP contribution in [0.3, 0.4) is 0 Å². The fourth-order valence-electron chi connectivity index (χ4n) is 6.72. The number of amidine groups is 1. The Labute approximate surface area is 197 Å². The molecule has 2 bridgehead atoms. The van der Waals surface area contributed by atoms with Gasteiger partial charge in [-0.25, -0.2) is 0 Å². The molecule has 1 aliphatic heterocycles. The molecule has 7 nitrogen and oxygen atoms in total. The van der Waals surface area contributed by atoms with E-state index in [-0.39, 0.29) is 17.7 Å². The lowest BCUT2D eigenvalue weighted by molar-refractivity contribution is -0.0491. The smallest absolute Gasteiger partial charge is 0.177 e. The van der Waals surface area contributed by atoms with Crippen molar-refractivity contribution >= 4 is 41.1 Å². The van der Waals surface area contributed by atoms with E-state index in [9.17, 15) is 5.11 Å². The van der Waals surface area contributed by atoms with Gasteiger partial charge in [0.05, 0.1) is 5.69 Å². The quantitative estimate of drug-likeness (QED) is 0.172. The van der Waals surface area contributed by atoms with Gasteiger partial charge in [-0.3, -0.25) is 9.71 Å². The Hall–Kier alpha value is -2.71. The van der Waals surface area contributed by atoms with Crippen LogP contribution in [0.2, 0.25) is 0 Å². The Bertz CT molecular complexity index is 1180. The second-order valence-electron chi connectivity index (χ2n) is 10.1. The van der Waals surface area contributed by atoms with Crippen LogP contribution in [0.15, 0.2) is 30.3 Å². The first-order valence-corrected chi connectivity index (χ1v) is 12.5. The van der Waals surface area contributed by atoms with Gasteiger partial charge in [-0.15, -0.1) is 0 Å². The summed E-state index contributed by atoms with van der Waals surface area (Å²) in [4.78, 5) is 0. The van der Waals surface area contributed by atoms with Crippen LogP contribution < -0.4 is 21.5 Å². The molecule has 33 heavy (non-hydrogen) atoms. The van der Waals surface area contributed by atoms with Gasteiger partial charge < -0.3 is 27.7 Å². The average molecular weight is 463 g/mol. The summed E-state index contributed by atoms with van der Waals surface area (Å²) >= 11 is 1.70. The zero-order valence-corrected chi connectivity index (χ0v) is 19.2. The Morgan fingerprint density at radius 1 is 1.09 bits per heavy atom. The molecule has 5 atom stereocenters. The first-order chi connectivity index (χ1) is 15.8. The van der Waals surface area contributed by atoms with Crippen molar-refractivity contribution < 1.29 is 5.11 Å². The van der Waals surface area contributed by atoms with Crippen LogP contribution >= 0.6 is 11.9 Å². The number of nitrogens with two attached hydrogens (primary N) is 3. The zero-order chi connectivity index (χ0) is 23.1. The van der Waals surface area contributed by atoms with E-state index in [4.69, 9.17) is 28.0 Å². The Kier molecular flexibility index (Phi) is 4.52. The molecule has 4 aliphatic rings. The topological polar surface area (TPSA) is 149 Å². The average Bonchev–Trinajstić information content (AvgIpc) is 3.37. The lowest BCUT2D eigenvalue weighted by atomic mass is 9.65. The van der Waals surface area contributed by atoms with Crippen LogP contribution in [0.1, 0.15) is 60.3 Å². The van der Waals surface area contributed by atoms with Crippen LogP contribution in [-0.2, 0) is 5.72 Å². The number of fused-ring (bicyclic) bond motifs is 7. The molecule has 0 aromatic heterocycles. The predicted octanol–water partition coefficient (Wildman–Crippen LogP) is 3.74. The monoisotopic (exact) mass is 462 g/mol. The summed E-state index contributed by atoms with van der Waals surface area (Å²) in [7, 11) is 0. The molecule has 3 fully saturated rings. The molecular formula is C25H30N6OS. The largest absolute Gasteiger partial charge is 0.398 e. The summed E-state index contributed by atoms with van der Waals surface area (Å²) in [6.07, 6.45) is 6.96. The van der Waals surface area contributed by atoms with Crippen LogP contribution in [0.25, 0.3) is 0 Å². The molecule has 2 aromatic carbocycles. The molecular weight excluding hydrogens is 432 g/mol. The molecule has 1 heterocycles. The maximum absolute atomic E-state index is 12.8. The summed E-state index contributed by atoms with van der Waals surface area (Å²) in [5, 5.41) is 29.4. The van der Waals surface area contributed by atoms with E-state index in [1.54, 1.807) is 24.1 Å². The zero-order valence-electron chi connectivity index (χ0n) is 18.4. The van der Waals surface area contributed by atoms with E-state index in [0.29, 0.717) is 34.0 Å². The number of nitrogens with zero attached hydrogens (tertiary/aromatic N) is 1. The standard InChI is InChI=1S/C25H30N6OS/c26-11-17-19(28)7-8-20-22(17)21-12-1-2-13(9-12)23(21)25(32,31(20)33-15-4-5-15)14-3-6-18(27)16(10-14)24(29)30/h3,6-8,10-13,15,21,23,26,32H,1-2,4-5,9,27-28H2,(H3,29,30)/t12-,13?,21-,23-,25?/m1/s1. The highest BCUT2D eigenvalue weighted by atomic mass is 32.2. The molecule has 0 radical (unpaired) electrons. The summed E-state index contributed by atoms with van der Waals surface area (Å²) in [6, 6.07) is 9.33. The van der Waals surface area contributed by atoms with Gasteiger partial charge in [0.25, 0.3) is 0 Å². The number of nitrogen functional groups attached to an aromatic ring is 3. The van der Waals surface area contributed by atoms with Crippen LogP contribution in [0.4, 0.5) is 17.1 Å². The van der Waals surface area contributed by atoms with Crippen molar-refractivity contribution in [2.45, 2.75) is 49.0 Å². The lowest BCUT2D eigenvalue weighted by Gasteiger charge is -2.54. The molecule has 8 heteroatoms. The van der Waals surface area contributed by atoms with Crippen LogP contribution in [-0.4, -0.2) is 22.4 Å². The summed E-state index contributed by atoms with van der Waals surface area (Å²) < 4.78 is 2.10. The fourth-order valence-corrected chi connectivity index (χ4v) is 8.03. The van der Waals surface area contributed by atoms with Gasteiger partial charge in [-0.2, -0.15) is 0 Å². The van der Waals surface area contributed by atoms with E-state index >= 15 is 0 Å². The van der Waals surface area contributed by atoms with Crippen LogP contribution in [0.5, 0.6) is 0 Å². The van der Waals surface area contributed by atoms with Gasteiger partial charge in [0, 0.05) is 45.4 Å². The highest BCUT2D eigenvalue weighted by Gasteiger charge is 2.63. The summed E-state index contributed by atoms with van der Waals surface area (Å²) in [5.41, 5.74) is 22.2. The van der Waals surface area contributed by atoms with E-state index in [1.165, 1.54) is 6.21 Å². The molecule has 9 N–H and O–H groups in total. The van der Waals surface area contributed by atoms with Gasteiger partial charge in [0.1, 0.15) is 5.84 Å². The maximum atomic E-state index is 12.8. The van der Waals surface area contributed by atoms with Gasteiger partial charge in [-0.05, 0) is 91.6 Å². The molecule has 3 saturated carbocycles. The van der Waals surface area contributed by atoms with Crippen molar-refractivity contribution in [3.63, 3.8) is 0 Å². The molecule has 0 spiro atoms. The Morgan fingerprint density at radius 2 is 1.82 bits per heavy atom. The summed E-state index contributed by atoms with van der Waals surface area (Å²) in [6.45, 7) is 0. The van der Waals surface area contributed by atoms with Crippen molar-refractivity contribution in [1.29, 1.82) is 10.8 Å². The second-order valence-corrected chi connectivity index (χ2v) is 11.3. The number of benzene rings is 2. The highest BCUT2D eigenvalue weighted by molar-refractivity contribution is 8.01. The van der Waals surface area contributed by atoms with E-state index in [0.717, 1.165) is 54.5 Å². The minimum absolute atomic E-state index is 0.0288. The fraction of sp³-hybridized carbons (Fsp3) is 0.440. The minimum Gasteiger partial charge on any atom is -0.398 e. The van der Waals surface area contributed by atoms with Gasteiger partial charge >= 0.3 is 0 Å². The first-order valence-electron chi connectivity index (χ1n) is 11.7. The lowest BCUT2D eigenvalue weighted by Crippen LogP contribution is -2.56. The molecule has 3 aliphatic carbocycles. The molecule has 172 valence electrons. The highest BCUT2D eigenvalue weighted by Crippen LogP contribution is 2.68. The number of hydrogen-bond donors (Lipinski definition) is 6. The Morgan fingerprint density at radius 3 is 2.52 bits per heavy atom. The Balaban J connectivity index is 1.63. The molecule has 0 saturated heterocycles. The number of anilines is 3. The third-order valence-electron chi connectivity index (χ3n) is 8.23. The number of nitrogens with one attached hydrogen (secondary N) is 2. The van der Waals surface area contributed by atoms with Crippen molar-refractivity contribution in [3.8, 4) is 0 Å². The first kappa shape index (κ1) is 20.9. The third kappa shape index (κ3) is 2.86. The third-order valence-corrected chi connectivity index (χ3v) is 9.69. The van der Waals surface area contributed by atoms with Gasteiger partial charge in [0.2, 0.25) is 0 Å². The van der Waals surface area contributed by atoms with Crippen molar-refractivity contribution in [2.75, 3.05) is 15.8 Å². The van der Waals surface area contributed by atoms with E-state index in [1.807, 2.05) is 18.2 Å². The predicted molar refractivity (Wildman–Crippen MR) is 135 cm³/mol. The van der Waals surface area contributed by atoms with Crippen LogP contribution in [0, 0.1) is 28.6 Å². The maximum Gasteiger partial charge on any atom is 0.177 e. The molecule has 6 rings (SSSR count). The van der Waals surface area contributed by atoms with Gasteiger partial charge in [0.15, 0.2) is 5.72 Å². The molecule has 0 amide bonds. The summed E-state index contributed by atoms with van der Waals surface area (Å²) in [5.74, 6) is 0.870. The number of hydrogen-bond acceptors (Lipinski definition) is 7. The minimum atomic E-state index is -1.27. The van der Waals surface area contributed by atoms with Crippen molar-refractivity contribution in [1.82, 2.24) is 0 Å². The SMILES string of the molecule is N=Cc1c(N)ccc2c1[C@H]1[C@@H]3CCC(C3)[C@H]1C(O)(c1ccc(N)c(C(=N)N)c1)N2SC1CC1. The van der Waals surface area contributed by atoms with Gasteiger partial charge in [-0.1, -0.05) is 6.07 Å². The molecule has 2 unspecified atom stereocenters. The van der Waals surface area contributed by atoms with Crippen molar-refractivity contribution in [3.05, 3.63) is 52.6 Å². The normalized spacial score (nSPS) is 31.8. The van der Waals surface area contributed by atoms with Crippen molar-refractivity contribution in [2.24, 2.45) is 23.5 Å². The molecule has 2 aromatic rings. The van der Waals surface area contributed by atoms with E-state index in [2.05, 4.69) is 4.31 Å². The van der Waals surface area contributed by atoms with E-state index < -0.39 is 5.72 Å².